The standard InChI is InChI=1S/C6H12O4.C2H4O2/c1-3-7-5-6(8-4-2)10-9-5;1-2-4-3-1/h5-6H,3-4H2,1-2H3;1-2H2/t5-,6+;. The van der Waals surface area contributed by atoms with Crippen molar-refractivity contribution >= 4 is 0 Å². The summed E-state index contributed by atoms with van der Waals surface area (Å²) in [4.78, 5) is 17.6. The van der Waals surface area contributed by atoms with Crippen molar-refractivity contribution in [1.29, 1.82) is 0 Å². The molecule has 0 bridgehead atoms. The van der Waals surface area contributed by atoms with Crippen LogP contribution in [0.4, 0.5) is 0 Å². The molecule has 0 spiro atoms. The molecule has 0 aromatic carbocycles. The van der Waals surface area contributed by atoms with E-state index in [-0.39, 0.29) is 12.6 Å². The summed E-state index contributed by atoms with van der Waals surface area (Å²) in [7, 11) is 0. The average molecular weight is 208 g/mol. The molecule has 84 valence electrons. The Kier molecular flexibility index (Phi) is 6.00. The largest absolute Gasteiger partial charge is 0.346 e. The van der Waals surface area contributed by atoms with Crippen LogP contribution in [0.2, 0.25) is 0 Å². The van der Waals surface area contributed by atoms with E-state index in [2.05, 4.69) is 19.6 Å². The highest BCUT2D eigenvalue weighted by atomic mass is 17.3. The Morgan fingerprint density at radius 3 is 1.43 bits per heavy atom. The first-order chi connectivity index (χ1) is 6.88. The number of rotatable bonds is 4. The maximum Gasteiger partial charge on any atom is 0.246 e. The Morgan fingerprint density at radius 1 is 0.929 bits per heavy atom. The van der Waals surface area contributed by atoms with Gasteiger partial charge in [0.2, 0.25) is 12.6 Å². The van der Waals surface area contributed by atoms with E-state index < -0.39 is 0 Å². The molecule has 0 radical (unpaired) electrons. The fourth-order valence-electron chi connectivity index (χ4n) is 0.771. The van der Waals surface area contributed by atoms with Gasteiger partial charge in [0.15, 0.2) is 0 Å². The van der Waals surface area contributed by atoms with Gasteiger partial charge in [-0.05, 0) is 13.8 Å². The molecule has 2 heterocycles. The van der Waals surface area contributed by atoms with Crippen molar-refractivity contribution in [1.82, 2.24) is 0 Å². The van der Waals surface area contributed by atoms with Crippen LogP contribution < -0.4 is 0 Å². The lowest BCUT2D eigenvalue weighted by atomic mass is 10.5. The van der Waals surface area contributed by atoms with Gasteiger partial charge in [-0.15, -0.1) is 0 Å². The van der Waals surface area contributed by atoms with Gasteiger partial charge in [-0.2, -0.15) is 9.78 Å². The molecular formula is C8H16O6. The second kappa shape index (κ2) is 7.10. The lowest BCUT2D eigenvalue weighted by Crippen LogP contribution is -2.46. The van der Waals surface area contributed by atoms with E-state index in [1.807, 2.05) is 13.8 Å². The Balaban J connectivity index is 0.000000203. The summed E-state index contributed by atoms with van der Waals surface area (Å²) < 4.78 is 10.1. The van der Waals surface area contributed by atoms with Crippen LogP contribution in [0.1, 0.15) is 13.8 Å². The molecule has 6 nitrogen and oxygen atoms in total. The van der Waals surface area contributed by atoms with Gasteiger partial charge < -0.3 is 9.47 Å². The second-order valence-electron chi connectivity index (χ2n) is 2.48. The van der Waals surface area contributed by atoms with Crippen LogP contribution in [0.5, 0.6) is 0 Å². The van der Waals surface area contributed by atoms with Crippen molar-refractivity contribution in [2.24, 2.45) is 0 Å². The summed E-state index contributed by atoms with van der Waals surface area (Å²) >= 11 is 0. The van der Waals surface area contributed by atoms with Crippen molar-refractivity contribution in [2.45, 2.75) is 26.4 Å². The number of hydrogen-bond acceptors (Lipinski definition) is 6. The van der Waals surface area contributed by atoms with Gasteiger partial charge in [0, 0.05) is 13.2 Å². The average Bonchev–Trinajstić information content (AvgIpc) is 2.05. The minimum absolute atomic E-state index is 0.329. The topological polar surface area (TPSA) is 55.4 Å². The van der Waals surface area contributed by atoms with E-state index >= 15 is 0 Å². The summed E-state index contributed by atoms with van der Waals surface area (Å²) in [6.07, 6.45) is -0.658. The molecular weight excluding hydrogens is 192 g/mol. The van der Waals surface area contributed by atoms with Gasteiger partial charge >= 0.3 is 0 Å². The molecule has 0 saturated carbocycles. The SMILES string of the molecule is C1COO1.CCO[C@@H]1OO[C@@H]1OCC. The van der Waals surface area contributed by atoms with E-state index in [0.29, 0.717) is 13.2 Å². The summed E-state index contributed by atoms with van der Waals surface area (Å²) in [6.45, 7) is 6.56. The molecule has 14 heavy (non-hydrogen) atoms. The molecule has 2 aliphatic heterocycles. The van der Waals surface area contributed by atoms with Crippen LogP contribution in [0.3, 0.4) is 0 Å². The van der Waals surface area contributed by atoms with E-state index in [4.69, 9.17) is 9.47 Å². The number of hydrogen-bond donors (Lipinski definition) is 0. The number of ether oxygens (including phenoxy) is 2. The monoisotopic (exact) mass is 208 g/mol. The zero-order chi connectivity index (χ0) is 10.2. The van der Waals surface area contributed by atoms with E-state index in [0.717, 1.165) is 13.2 Å². The van der Waals surface area contributed by atoms with Gasteiger partial charge in [0.05, 0.1) is 0 Å². The Hall–Kier alpha value is -0.240. The van der Waals surface area contributed by atoms with Crippen molar-refractivity contribution in [3.63, 3.8) is 0 Å². The highest BCUT2D eigenvalue weighted by molar-refractivity contribution is 4.52. The molecule has 0 aromatic rings. The second-order valence-corrected chi connectivity index (χ2v) is 2.48. The molecule has 2 aliphatic rings. The summed E-state index contributed by atoms with van der Waals surface area (Å²) in [5.74, 6) is 0. The van der Waals surface area contributed by atoms with Crippen molar-refractivity contribution in [2.75, 3.05) is 26.4 Å². The van der Waals surface area contributed by atoms with Gasteiger partial charge in [-0.1, -0.05) is 0 Å². The zero-order valence-electron chi connectivity index (χ0n) is 8.43. The minimum Gasteiger partial charge on any atom is -0.346 e. The molecule has 2 atom stereocenters. The fraction of sp³-hybridized carbons (Fsp3) is 1.00. The van der Waals surface area contributed by atoms with Crippen molar-refractivity contribution < 1.29 is 29.0 Å². The minimum atomic E-state index is -0.329. The summed E-state index contributed by atoms with van der Waals surface area (Å²) in [5, 5.41) is 0. The lowest BCUT2D eigenvalue weighted by molar-refractivity contribution is -0.565. The highest BCUT2D eigenvalue weighted by Crippen LogP contribution is 2.18. The third-order valence-electron chi connectivity index (χ3n) is 1.46. The summed E-state index contributed by atoms with van der Waals surface area (Å²) in [6, 6.07) is 0. The molecule has 6 heteroatoms. The molecule has 0 aliphatic carbocycles. The third-order valence-corrected chi connectivity index (χ3v) is 1.46. The van der Waals surface area contributed by atoms with Gasteiger partial charge in [0.1, 0.15) is 13.2 Å². The van der Waals surface area contributed by atoms with Gasteiger partial charge in [0.25, 0.3) is 0 Å². The fourth-order valence-corrected chi connectivity index (χ4v) is 0.771. The first-order valence-corrected chi connectivity index (χ1v) is 4.68. The molecule has 2 saturated heterocycles. The van der Waals surface area contributed by atoms with E-state index in [1.54, 1.807) is 0 Å². The smallest absolute Gasteiger partial charge is 0.246 e. The van der Waals surface area contributed by atoms with Crippen LogP contribution in [0.25, 0.3) is 0 Å². The highest BCUT2D eigenvalue weighted by Gasteiger charge is 2.36. The quantitative estimate of drug-likeness (QED) is 0.631. The maximum absolute atomic E-state index is 5.07. The van der Waals surface area contributed by atoms with E-state index in [1.165, 1.54) is 0 Å². The normalized spacial score (nSPS) is 29.6. The van der Waals surface area contributed by atoms with Gasteiger partial charge in [-0.25, -0.2) is 9.78 Å². The zero-order valence-corrected chi connectivity index (χ0v) is 8.43. The van der Waals surface area contributed by atoms with Crippen molar-refractivity contribution in [3.8, 4) is 0 Å². The Morgan fingerprint density at radius 2 is 1.29 bits per heavy atom. The Bertz CT molecular complexity index is 122. The van der Waals surface area contributed by atoms with Crippen LogP contribution in [-0.2, 0) is 29.0 Å². The van der Waals surface area contributed by atoms with Crippen LogP contribution in [0, 0.1) is 0 Å². The molecule has 2 rings (SSSR count). The molecule has 0 unspecified atom stereocenters. The third kappa shape index (κ3) is 3.87. The first kappa shape index (κ1) is 11.8. The van der Waals surface area contributed by atoms with E-state index in [9.17, 15) is 0 Å². The predicted octanol–water partition coefficient (Wildman–Crippen LogP) is 0.622. The maximum atomic E-state index is 5.07. The predicted molar refractivity (Wildman–Crippen MR) is 44.9 cm³/mol. The first-order valence-electron chi connectivity index (χ1n) is 4.68. The molecule has 0 N–H and O–H groups in total. The van der Waals surface area contributed by atoms with Crippen molar-refractivity contribution in [3.05, 3.63) is 0 Å². The summed E-state index contributed by atoms with van der Waals surface area (Å²) in [5.41, 5.74) is 0. The molecule has 0 aromatic heterocycles. The molecule has 0 amide bonds. The lowest BCUT2D eigenvalue weighted by Gasteiger charge is -2.32. The van der Waals surface area contributed by atoms with Crippen LogP contribution >= 0.6 is 0 Å². The van der Waals surface area contributed by atoms with Gasteiger partial charge in [-0.3, -0.25) is 0 Å². The van der Waals surface area contributed by atoms with Crippen LogP contribution in [-0.4, -0.2) is 39.0 Å². The molecule has 2 fully saturated rings. The van der Waals surface area contributed by atoms with Crippen LogP contribution in [0.15, 0.2) is 0 Å². The Labute approximate surface area is 82.8 Å².